The van der Waals surface area contributed by atoms with Crippen molar-refractivity contribution >= 4 is 33.3 Å². The minimum Gasteiger partial charge on any atom is -0.486 e. The average molecular weight is 415 g/mol. The summed E-state index contributed by atoms with van der Waals surface area (Å²) < 4.78 is 11.3. The van der Waals surface area contributed by atoms with E-state index in [2.05, 4.69) is 18.8 Å². The molecule has 5 nitrogen and oxygen atoms in total. The summed E-state index contributed by atoms with van der Waals surface area (Å²) in [5, 5.41) is 0.838. The first-order chi connectivity index (χ1) is 13.6. The summed E-state index contributed by atoms with van der Waals surface area (Å²) in [5.41, 5.74) is 1.23. The van der Waals surface area contributed by atoms with Crippen LogP contribution in [0.2, 0.25) is 0 Å². The molecule has 0 bridgehead atoms. The van der Waals surface area contributed by atoms with E-state index >= 15 is 0 Å². The van der Waals surface area contributed by atoms with Gasteiger partial charge in [-0.1, -0.05) is 6.92 Å². The molecule has 0 amide bonds. The second-order valence-corrected chi connectivity index (χ2v) is 10.0. The molecule has 3 aromatic rings. The van der Waals surface area contributed by atoms with Gasteiger partial charge < -0.3 is 14.5 Å². The third-order valence-corrected chi connectivity index (χ3v) is 7.65. The summed E-state index contributed by atoms with van der Waals surface area (Å²) in [5.74, 6) is 2.97. The lowest BCUT2D eigenvalue weighted by Gasteiger charge is -2.19. The van der Waals surface area contributed by atoms with Crippen molar-refractivity contribution in [2.75, 3.05) is 13.2 Å². The van der Waals surface area contributed by atoms with Gasteiger partial charge in [0.25, 0.3) is 5.56 Å². The summed E-state index contributed by atoms with van der Waals surface area (Å²) in [4.78, 5) is 24.0. The third kappa shape index (κ3) is 3.20. The van der Waals surface area contributed by atoms with E-state index < -0.39 is 0 Å². The van der Waals surface area contributed by atoms with Crippen LogP contribution in [0.15, 0.2) is 27.9 Å². The van der Waals surface area contributed by atoms with Crippen molar-refractivity contribution in [3.63, 3.8) is 0 Å². The van der Waals surface area contributed by atoms with Crippen LogP contribution in [0.25, 0.3) is 10.2 Å². The van der Waals surface area contributed by atoms with Crippen LogP contribution in [-0.2, 0) is 12.8 Å². The standard InChI is InChI=1S/C21H22N2O3S2/c1-11-3-5-14-17(9-11)28-21-18(14)20(24)22-19(23-21)12(2)27-13-4-6-15-16(10-13)26-8-7-25-15/h4,6,10-12H,3,5,7-9H2,1-2H3,(H,22,23,24)/t11-,12-/m0/s1. The zero-order valence-corrected chi connectivity index (χ0v) is 17.5. The number of fused-ring (bicyclic) bond motifs is 4. The van der Waals surface area contributed by atoms with Crippen molar-refractivity contribution in [3.05, 3.63) is 44.8 Å². The van der Waals surface area contributed by atoms with Crippen LogP contribution in [0.4, 0.5) is 0 Å². The number of hydrogen-bond acceptors (Lipinski definition) is 6. The van der Waals surface area contributed by atoms with E-state index in [-0.39, 0.29) is 10.8 Å². The number of aromatic nitrogens is 2. The lowest BCUT2D eigenvalue weighted by Crippen LogP contribution is -2.15. The van der Waals surface area contributed by atoms with Gasteiger partial charge in [-0.25, -0.2) is 4.98 Å². The molecular weight excluding hydrogens is 392 g/mol. The minimum absolute atomic E-state index is 0.00155. The molecule has 0 unspecified atom stereocenters. The predicted molar refractivity (Wildman–Crippen MR) is 113 cm³/mol. The minimum atomic E-state index is 0.00155. The summed E-state index contributed by atoms with van der Waals surface area (Å²) in [7, 11) is 0. The second-order valence-electron chi connectivity index (χ2n) is 7.55. The molecule has 146 valence electrons. The van der Waals surface area contributed by atoms with Gasteiger partial charge in [0, 0.05) is 9.77 Å². The van der Waals surface area contributed by atoms with Crippen LogP contribution < -0.4 is 15.0 Å². The smallest absolute Gasteiger partial charge is 0.259 e. The van der Waals surface area contributed by atoms with E-state index in [1.54, 1.807) is 23.1 Å². The van der Waals surface area contributed by atoms with Gasteiger partial charge in [0.15, 0.2) is 11.5 Å². The SMILES string of the molecule is C[C@H]1CCc2c(sc3nc([C@H](C)Sc4ccc5c(c4)OCCO5)[nH]c(=O)c23)C1. The van der Waals surface area contributed by atoms with Crippen LogP contribution in [0.5, 0.6) is 11.5 Å². The van der Waals surface area contributed by atoms with E-state index in [1.165, 1.54) is 10.4 Å². The first-order valence-electron chi connectivity index (χ1n) is 9.69. The first kappa shape index (κ1) is 18.1. The number of H-pyrrole nitrogens is 1. The summed E-state index contributed by atoms with van der Waals surface area (Å²) in [6, 6.07) is 5.96. The second kappa shape index (κ2) is 7.12. The molecule has 1 aromatic carbocycles. The highest BCUT2D eigenvalue weighted by atomic mass is 32.2. The van der Waals surface area contributed by atoms with Crippen LogP contribution in [0.1, 0.15) is 41.8 Å². The van der Waals surface area contributed by atoms with E-state index in [0.717, 1.165) is 51.7 Å². The Labute approximate surface area is 171 Å². The highest BCUT2D eigenvalue weighted by Crippen LogP contribution is 2.40. The van der Waals surface area contributed by atoms with Crippen molar-refractivity contribution in [2.45, 2.75) is 43.3 Å². The number of aryl methyl sites for hydroxylation is 1. The molecule has 0 fully saturated rings. The van der Waals surface area contributed by atoms with Gasteiger partial charge >= 0.3 is 0 Å². The van der Waals surface area contributed by atoms with Crippen LogP contribution in [0, 0.1) is 5.92 Å². The summed E-state index contributed by atoms with van der Waals surface area (Å²) in [6.45, 7) is 5.51. The van der Waals surface area contributed by atoms with E-state index in [4.69, 9.17) is 14.5 Å². The quantitative estimate of drug-likeness (QED) is 0.628. The maximum atomic E-state index is 12.8. The molecule has 0 radical (unpaired) electrons. The molecule has 3 heterocycles. The van der Waals surface area contributed by atoms with Crippen molar-refractivity contribution in [2.24, 2.45) is 5.92 Å². The van der Waals surface area contributed by atoms with Crippen molar-refractivity contribution in [1.29, 1.82) is 0 Å². The fourth-order valence-corrected chi connectivity index (χ4v) is 6.26. The molecule has 1 aliphatic heterocycles. The maximum Gasteiger partial charge on any atom is 0.259 e. The molecule has 2 atom stereocenters. The van der Waals surface area contributed by atoms with E-state index in [1.807, 2.05) is 18.2 Å². The molecule has 7 heteroatoms. The van der Waals surface area contributed by atoms with Gasteiger partial charge in [-0.3, -0.25) is 4.79 Å². The van der Waals surface area contributed by atoms with Gasteiger partial charge in [0.1, 0.15) is 23.9 Å². The van der Waals surface area contributed by atoms with Crippen molar-refractivity contribution in [3.8, 4) is 11.5 Å². The summed E-state index contributed by atoms with van der Waals surface area (Å²) >= 11 is 3.36. The number of benzene rings is 1. The number of thiophene rings is 1. The Bertz CT molecular complexity index is 1100. The maximum absolute atomic E-state index is 12.8. The van der Waals surface area contributed by atoms with Gasteiger partial charge in [0.05, 0.1) is 10.6 Å². The molecule has 2 aliphatic rings. The average Bonchev–Trinajstić information content (AvgIpc) is 3.05. The molecule has 5 rings (SSSR count). The van der Waals surface area contributed by atoms with Crippen LogP contribution >= 0.6 is 23.1 Å². The first-order valence-corrected chi connectivity index (χ1v) is 11.4. The molecular formula is C21H22N2O3S2. The largest absolute Gasteiger partial charge is 0.486 e. The Morgan fingerprint density at radius 2 is 2.11 bits per heavy atom. The number of nitrogens with one attached hydrogen (secondary N) is 1. The highest BCUT2D eigenvalue weighted by Gasteiger charge is 2.24. The Hall–Kier alpha value is -1.99. The Morgan fingerprint density at radius 1 is 1.29 bits per heavy atom. The van der Waals surface area contributed by atoms with E-state index in [9.17, 15) is 4.79 Å². The van der Waals surface area contributed by atoms with Crippen LogP contribution in [-0.4, -0.2) is 23.2 Å². The Balaban J connectivity index is 1.45. The van der Waals surface area contributed by atoms with Gasteiger partial charge in [-0.15, -0.1) is 23.1 Å². The predicted octanol–water partition coefficient (Wildman–Crippen LogP) is 4.73. The molecule has 0 spiro atoms. The molecule has 2 aromatic heterocycles. The fourth-order valence-electron chi connectivity index (χ4n) is 3.91. The van der Waals surface area contributed by atoms with Crippen LogP contribution in [0.3, 0.4) is 0 Å². The Kier molecular flexibility index (Phi) is 4.59. The van der Waals surface area contributed by atoms with Gasteiger partial charge in [-0.05, 0) is 55.9 Å². The lowest BCUT2D eigenvalue weighted by atomic mass is 9.89. The highest BCUT2D eigenvalue weighted by molar-refractivity contribution is 7.99. The molecule has 0 saturated heterocycles. The zero-order chi connectivity index (χ0) is 19.3. The van der Waals surface area contributed by atoms with Gasteiger partial charge in [-0.2, -0.15) is 0 Å². The number of nitrogens with zero attached hydrogens (tertiary/aromatic N) is 1. The molecule has 1 aliphatic carbocycles. The Morgan fingerprint density at radius 3 is 2.96 bits per heavy atom. The number of thioether (sulfide) groups is 1. The number of hydrogen-bond donors (Lipinski definition) is 1. The summed E-state index contributed by atoms with van der Waals surface area (Å²) in [6.07, 6.45) is 3.20. The number of rotatable bonds is 3. The lowest BCUT2D eigenvalue weighted by molar-refractivity contribution is 0.171. The number of aromatic amines is 1. The van der Waals surface area contributed by atoms with Crippen molar-refractivity contribution < 1.29 is 9.47 Å². The normalized spacial score (nSPS) is 19.4. The van der Waals surface area contributed by atoms with E-state index in [0.29, 0.717) is 19.1 Å². The van der Waals surface area contributed by atoms with Gasteiger partial charge in [0.2, 0.25) is 0 Å². The fraction of sp³-hybridized carbons (Fsp3) is 0.429. The molecule has 0 saturated carbocycles. The van der Waals surface area contributed by atoms with Crippen molar-refractivity contribution in [1.82, 2.24) is 9.97 Å². The topological polar surface area (TPSA) is 64.2 Å². The molecule has 28 heavy (non-hydrogen) atoms. The monoisotopic (exact) mass is 414 g/mol. The number of ether oxygens (including phenoxy) is 2. The third-order valence-electron chi connectivity index (χ3n) is 5.40. The molecule has 1 N–H and O–H groups in total. The zero-order valence-electron chi connectivity index (χ0n) is 15.9.